The predicted molar refractivity (Wildman–Crippen MR) is 140 cm³/mol. The standard InChI is InChI=1S/C24H26Cl2N6O4/c1-34-19-6-5-18(25)23(22(19)26)31-24(33)30-21-14-20(27-15-28-21)29-16-3-2-4-17(13-16)36-12-9-32-7-10-35-11-8-32/h2-6,13-15H,7-12H2,1H3,(H3,27,28,29,30,31,33). The number of benzene rings is 2. The Labute approximate surface area is 218 Å². The number of carbonyl (C=O) groups is 1. The van der Waals surface area contributed by atoms with Crippen molar-refractivity contribution in [1.29, 1.82) is 0 Å². The summed E-state index contributed by atoms with van der Waals surface area (Å²) in [5.41, 5.74) is 1.01. The van der Waals surface area contributed by atoms with Gasteiger partial charge in [-0.3, -0.25) is 10.2 Å². The highest BCUT2D eigenvalue weighted by atomic mass is 35.5. The van der Waals surface area contributed by atoms with Gasteiger partial charge in [0.05, 0.1) is 31.0 Å². The molecule has 1 fully saturated rings. The number of aromatic nitrogens is 2. The Bertz CT molecular complexity index is 1190. The van der Waals surface area contributed by atoms with Gasteiger partial charge in [0.2, 0.25) is 0 Å². The molecule has 12 heteroatoms. The molecule has 190 valence electrons. The maximum Gasteiger partial charge on any atom is 0.324 e. The smallest absolute Gasteiger partial charge is 0.324 e. The Hall–Kier alpha value is -3.31. The second-order valence-corrected chi connectivity index (χ2v) is 8.55. The van der Waals surface area contributed by atoms with Crippen LogP contribution in [0.4, 0.5) is 27.8 Å². The number of rotatable bonds is 9. The molecular formula is C24H26Cl2N6O4. The van der Waals surface area contributed by atoms with Gasteiger partial charge in [-0.25, -0.2) is 14.8 Å². The zero-order valence-electron chi connectivity index (χ0n) is 19.6. The molecule has 2 heterocycles. The molecule has 2 amide bonds. The lowest BCUT2D eigenvalue weighted by Gasteiger charge is -2.26. The number of amides is 2. The van der Waals surface area contributed by atoms with Gasteiger partial charge in [0.1, 0.15) is 41.1 Å². The van der Waals surface area contributed by atoms with Crippen molar-refractivity contribution in [1.82, 2.24) is 14.9 Å². The van der Waals surface area contributed by atoms with Crippen molar-refractivity contribution in [2.24, 2.45) is 0 Å². The normalized spacial score (nSPS) is 13.6. The van der Waals surface area contributed by atoms with Crippen LogP contribution in [0.5, 0.6) is 11.5 Å². The van der Waals surface area contributed by atoms with E-state index >= 15 is 0 Å². The van der Waals surface area contributed by atoms with Gasteiger partial charge in [0.25, 0.3) is 0 Å². The van der Waals surface area contributed by atoms with Crippen LogP contribution in [0.15, 0.2) is 48.8 Å². The number of carbonyl (C=O) groups excluding carboxylic acids is 1. The fraction of sp³-hybridized carbons (Fsp3) is 0.292. The Morgan fingerprint density at radius 2 is 1.89 bits per heavy atom. The third kappa shape index (κ3) is 7.11. The van der Waals surface area contributed by atoms with Crippen LogP contribution < -0.4 is 25.4 Å². The minimum Gasteiger partial charge on any atom is -0.495 e. The summed E-state index contributed by atoms with van der Waals surface area (Å²) in [5.74, 6) is 1.89. The summed E-state index contributed by atoms with van der Waals surface area (Å²) in [4.78, 5) is 23.1. The summed E-state index contributed by atoms with van der Waals surface area (Å²) in [6.07, 6.45) is 1.34. The number of hydrogen-bond donors (Lipinski definition) is 3. The number of halogens is 2. The van der Waals surface area contributed by atoms with Crippen molar-refractivity contribution in [3.05, 3.63) is 58.8 Å². The van der Waals surface area contributed by atoms with Gasteiger partial charge in [-0.2, -0.15) is 0 Å². The molecule has 3 aromatic rings. The van der Waals surface area contributed by atoms with Crippen molar-refractivity contribution in [2.45, 2.75) is 0 Å². The summed E-state index contributed by atoms with van der Waals surface area (Å²) in [6, 6.07) is 11.8. The molecule has 0 radical (unpaired) electrons. The molecule has 0 bridgehead atoms. The van der Waals surface area contributed by atoms with Gasteiger partial charge in [-0.1, -0.05) is 29.3 Å². The van der Waals surface area contributed by atoms with Crippen LogP contribution in [0.2, 0.25) is 10.0 Å². The quantitative estimate of drug-likeness (QED) is 0.357. The average Bonchev–Trinajstić information content (AvgIpc) is 2.88. The number of morpholine rings is 1. The Kier molecular flexibility index (Phi) is 9.01. The fourth-order valence-corrected chi connectivity index (χ4v) is 4.03. The van der Waals surface area contributed by atoms with Gasteiger partial charge in [-0.05, 0) is 24.3 Å². The van der Waals surface area contributed by atoms with Crippen molar-refractivity contribution in [3.63, 3.8) is 0 Å². The zero-order chi connectivity index (χ0) is 25.3. The van der Waals surface area contributed by atoms with E-state index in [2.05, 4.69) is 30.8 Å². The Balaban J connectivity index is 1.33. The molecular weight excluding hydrogens is 507 g/mol. The first-order valence-electron chi connectivity index (χ1n) is 11.2. The highest BCUT2D eigenvalue weighted by Gasteiger charge is 2.15. The monoisotopic (exact) mass is 532 g/mol. The summed E-state index contributed by atoms with van der Waals surface area (Å²) < 4.78 is 16.4. The van der Waals surface area contributed by atoms with Gasteiger partial charge in [-0.15, -0.1) is 0 Å². The zero-order valence-corrected chi connectivity index (χ0v) is 21.1. The second-order valence-electron chi connectivity index (χ2n) is 7.76. The number of hydrogen-bond acceptors (Lipinski definition) is 8. The Morgan fingerprint density at radius 3 is 2.69 bits per heavy atom. The van der Waals surface area contributed by atoms with Crippen LogP contribution in [-0.2, 0) is 4.74 Å². The van der Waals surface area contributed by atoms with Crippen LogP contribution >= 0.6 is 23.2 Å². The minimum absolute atomic E-state index is 0.192. The maximum absolute atomic E-state index is 12.5. The van der Waals surface area contributed by atoms with Crippen LogP contribution in [-0.4, -0.2) is 67.5 Å². The van der Waals surface area contributed by atoms with Crippen molar-refractivity contribution in [2.75, 3.05) is 62.5 Å². The lowest BCUT2D eigenvalue weighted by Crippen LogP contribution is -2.38. The van der Waals surface area contributed by atoms with E-state index in [1.807, 2.05) is 24.3 Å². The fourth-order valence-electron chi connectivity index (χ4n) is 3.49. The summed E-state index contributed by atoms with van der Waals surface area (Å²) in [6.45, 7) is 4.80. The first-order chi connectivity index (χ1) is 17.5. The number of nitrogens with one attached hydrogen (secondary N) is 3. The van der Waals surface area contributed by atoms with E-state index in [0.717, 1.165) is 44.3 Å². The molecule has 0 atom stereocenters. The van der Waals surface area contributed by atoms with Crippen molar-refractivity contribution in [3.8, 4) is 11.5 Å². The van der Waals surface area contributed by atoms with Crippen molar-refractivity contribution >= 4 is 52.2 Å². The molecule has 0 spiro atoms. The average molecular weight is 533 g/mol. The molecule has 1 saturated heterocycles. The highest BCUT2D eigenvalue weighted by Crippen LogP contribution is 2.37. The first kappa shape index (κ1) is 25.8. The van der Waals surface area contributed by atoms with E-state index in [0.29, 0.717) is 18.2 Å². The molecule has 0 aliphatic carbocycles. The molecule has 0 saturated carbocycles. The van der Waals surface area contributed by atoms with Crippen LogP contribution in [0.3, 0.4) is 0 Å². The number of anilines is 4. The van der Waals surface area contributed by atoms with Crippen molar-refractivity contribution < 1.29 is 19.0 Å². The second kappa shape index (κ2) is 12.6. The lowest BCUT2D eigenvalue weighted by molar-refractivity contribution is 0.0322. The van der Waals surface area contributed by atoms with Gasteiger partial charge < -0.3 is 24.8 Å². The first-order valence-corrected chi connectivity index (χ1v) is 12.0. The molecule has 10 nitrogen and oxygen atoms in total. The molecule has 3 N–H and O–H groups in total. The summed E-state index contributed by atoms with van der Waals surface area (Å²) in [7, 11) is 1.47. The number of urea groups is 1. The highest BCUT2D eigenvalue weighted by molar-refractivity contribution is 6.40. The maximum atomic E-state index is 12.5. The van der Waals surface area contributed by atoms with Gasteiger partial charge >= 0.3 is 6.03 Å². The third-order valence-electron chi connectivity index (χ3n) is 5.31. The van der Waals surface area contributed by atoms with E-state index in [1.54, 1.807) is 18.2 Å². The molecule has 36 heavy (non-hydrogen) atoms. The minimum atomic E-state index is -0.577. The molecule has 1 aliphatic heterocycles. The molecule has 4 rings (SSSR count). The van der Waals surface area contributed by atoms with E-state index < -0.39 is 6.03 Å². The van der Waals surface area contributed by atoms with Crippen LogP contribution in [0.1, 0.15) is 0 Å². The van der Waals surface area contributed by atoms with E-state index in [-0.39, 0.29) is 21.6 Å². The third-order valence-corrected chi connectivity index (χ3v) is 6.00. The molecule has 0 unspecified atom stereocenters. The number of methoxy groups -OCH3 is 1. The molecule has 1 aromatic heterocycles. The van der Waals surface area contributed by atoms with Gasteiger partial charge in [0, 0.05) is 37.5 Å². The van der Waals surface area contributed by atoms with Crippen LogP contribution in [0, 0.1) is 0 Å². The summed E-state index contributed by atoms with van der Waals surface area (Å²) >= 11 is 12.4. The Morgan fingerprint density at radius 1 is 1.08 bits per heavy atom. The largest absolute Gasteiger partial charge is 0.495 e. The number of ether oxygens (including phenoxy) is 3. The lowest BCUT2D eigenvalue weighted by atomic mass is 10.3. The van der Waals surface area contributed by atoms with Crippen LogP contribution in [0.25, 0.3) is 0 Å². The van der Waals surface area contributed by atoms with E-state index in [9.17, 15) is 4.79 Å². The molecule has 2 aromatic carbocycles. The van der Waals surface area contributed by atoms with E-state index in [4.69, 9.17) is 37.4 Å². The number of nitrogens with zero attached hydrogens (tertiary/aromatic N) is 3. The summed E-state index contributed by atoms with van der Waals surface area (Å²) in [5, 5.41) is 8.92. The SMILES string of the molecule is COc1ccc(Cl)c(NC(=O)Nc2cc(Nc3cccc(OCCN4CCOCC4)c3)ncn2)c1Cl. The molecule has 1 aliphatic rings. The topological polar surface area (TPSA) is 110 Å². The van der Waals surface area contributed by atoms with Gasteiger partial charge in [0.15, 0.2) is 0 Å². The van der Waals surface area contributed by atoms with E-state index in [1.165, 1.54) is 13.4 Å². The predicted octanol–water partition coefficient (Wildman–Crippen LogP) is 4.89.